The van der Waals surface area contributed by atoms with Crippen molar-refractivity contribution in [2.24, 2.45) is 0 Å². The largest absolute Gasteiger partial charge is 0.495 e. The average molecular weight is 374 g/mol. The predicted octanol–water partition coefficient (Wildman–Crippen LogP) is 3.53. The number of carbonyl (C=O) groups excluding carboxylic acids is 1. The van der Waals surface area contributed by atoms with E-state index in [0.717, 1.165) is 21.9 Å². The molecule has 1 amide bonds. The summed E-state index contributed by atoms with van der Waals surface area (Å²) in [4.78, 5) is 16.6. The van der Waals surface area contributed by atoms with Crippen LogP contribution in [0.5, 0.6) is 5.75 Å². The molecule has 7 nitrogen and oxygen atoms in total. The molecular formula is C21H18N4O3. The number of aromatic nitrogens is 3. The summed E-state index contributed by atoms with van der Waals surface area (Å²) >= 11 is 0. The van der Waals surface area contributed by atoms with Crippen LogP contribution in [-0.4, -0.2) is 28.3 Å². The Hall–Kier alpha value is -3.74. The molecule has 0 atom stereocenters. The lowest BCUT2D eigenvalue weighted by Crippen LogP contribution is -2.23. The van der Waals surface area contributed by atoms with E-state index in [1.54, 1.807) is 32.5 Å². The monoisotopic (exact) mass is 374 g/mol. The molecule has 0 aliphatic heterocycles. The molecule has 0 unspecified atom stereocenters. The minimum atomic E-state index is -0.176. The van der Waals surface area contributed by atoms with Crippen LogP contribution in [-0.2, 0) is 6.54 Å². The summed E-state index contributed by atoms with van der Waals surface area (Å²) in [6, 6.07) is 13.6. The van der Waals surface area contributed by atoms with Gasteiger partial charge in [0, 0.05) is 17.3 Å². The van der Waals surface area contributed by atoms with E-state index in [0.29, 0.717) is 22.7 Å². The summed E-state index contributed by atoms with van der Waals surface area (Å²) in [6.07, 6.45) is 3.47. The molecule has 1 N–H and O–H groups in total. The second-order valence-corrected chi connectivity index (χ2v) is 6.37. The van der Waals surface area contributed by atoms with E-state index in [1.165, 1.54) is 0 Å². The fourth-order valence-corrected chi connectivity index (χ4v) is 2.93. The molecule has 7 heteroatoms. The average Bonchev–Trinajstić information content (AvgIpc) is 3.16. The molecule has 4 aromatic rings. The van der Waals surface area contributed by atoms with Gasteiger partial charge in [-0.2, -0.15) is 0 Å². The topological polar surface area (TPSA) is 90.1 Å². The van der Waals surface area contributed by atoms with Gasteiger partial charge in [-0.3, -0.25) is 9.78 Å². The molecule has 0 saturated heterocycles. The summed E-state index contributed by atoms with van der Waals surface area (Å²) in [5, 5.41) is 12.3. The SMILES string of the molecule is COc1cncc(-c2ccc3cc(C(=O)NCc4nonc4C)ccc3c2)c1. The number of rotatable bonds is 5. The van der Waals surface area contributed by atoms with Crippen molar-refractivity contribution in [1.29, 1.82) is 0 Å². The smallest absolute Gasteiger partial charge is 0.251 e. The molecule has 2 aromatic heterocycles. The molecule has 0 radical (unpaired) electrons. The summed E-state index contributed by atoms with van der Waals surface area (Å²) in [5.74, 6) is 0.535. The molecule has 0 saturated carbocycles. The Balaban J connectivity index is 1.56. The molecule has 0 bridgehead atoms. The lowest BCUT2D eigenvalue weighted by Gasteiger charge is -2.08. The number of aryl methyl sites for hydroxylation is 1. The van der Waals surface area contributed by atoms with E-state index in [9.17, 15) is 4.79 Å². The Morgan fingerprint density at radius 1 is 1.04 bits per heavy atom. The zero-order valence-corrected chi connectivity index (χ0v) is 15.5. The fraction of sp³-hybridized carbons (Fsp3) is 0.143. The van der Waals surface area contributed by atoms with Crippen molar-refractivity contribution in [3.8, 4) is 16.9 Å². The third-order valence-electron chi connectivity index (χ3n) is 4.55. The second-order valence-electron chi connectivity index (χ2n) is 6.37. The number of pyridine rings is 1. The number of benzene rings is 2. The van der Waals surface area contributed by atoms with E-state index in [4.69, 9.17) is 4.74 Å². The van der Waals surface area contributed by atoms with Gasteiger partial charge in [-0.25, -0.2) is 4.63 Å². The lowest BCUT2D eigenvalue weighted by atomic mass is 10.0. The van der Waals surface area contributed by atoms with Crippen molar-refractivity contribution in [1.82, 2.24) is 20.6 Å². The van der Waals surface area contributed by atoms with Crippen LogP contribution in [0.25, 0.3) is 21.9 Å². The highest BCUT2D eigenvalue weighted by atomic mass is 16.6. The molecule has 2 heterocycles. The van der Waals surface area contributed by atoms with Crippen LogP contribution >= 0.6 is 0 Å². The number of ether oxygens (including phenoxy) is 1. The first kappa shape index (κ1) is 17.7. The fourth-order valence-electron chi connectivity index (χ4n) is 2.93. The van der Waals surface area contributed by atoms with Gasteiger partial charge in [0.2, 0.25) is 0 Å². The molecule has 140 valence electrons. The second kappa shape index (κ2) is 7.48. The molecule has 4 rings (SSSR count). The standard InChI is InChI=1S/C21H18N4O3/c1-13-20(25-28-24-13)12-23-21(26)17-6-5-14-7-16(4-3-15(14)8-17)18-9-19(27-2)11-22-10-18/h3-11H,12H2,1-2H3,(H,23,26). The predicted molar refractivity (Wildman–Crippen MR) is 104 cm³/mol. The number of methoxy groups -OCH3 is 1. The highest BCUT2D eigenvalue weighted by Crippen LogP contribution is 2.27. The Kier molecular flexibility index (Phi) is 4.72. The molecule has 0 aliphatic carbocycles. The first-order chi connectivity index (χ1) is 13.6. The molecular weight excluding hydrogens is 356 g/mol. The summed E-state index contributed by atoms with van der Waals surface area (Å²) < 4.78 is 9.88. The van der Waals surface area contributed by atoms with Gasteiger partial charge in [0.05, 0.1) is 19.9 Å². The van der Waals surface area contributed by atoms with Crippen LogP contribution in [0.3, 0.4) is 0 Å². The first-order valence-corrected chi connectivity index (χ1v) is 8.73. The highest BCUT2D eigenvalue weighted by Gasteiger charge is 2.10. The van der Waals surface area contributed by atoms with Crippen LogP contribution in [0.15, 0.2) is 59.5 Å². The van der Waals surface area contributed by atoms with Gasteiger partial charge < -0.3 is 10.1 Å². The number of nitrogens with one attached hydrogen (secondary N) is 1. The molecule has 0 spiro atoms. The van der Waals surface area contributed by atoms with E-state index in [2.05, 4.69) is 31.3 Å². The quantitative estimate of drug-likeness (QED) is 0.575. The molecule has 0 fully saturated rings. The van der Waals surface area contributed by atoms with Crippen molar-refractivity contribution in [3.05, 3.63) is 71.8 Å². The summed E-state index contributed by atoms with van der Waals surface area (Å²) in [6.45, 7) is 2.05. The number of hydrogen-bond acceptors (Lipinski definition) is 6. The summed E-state index contributed by atoms with van der Waals surface area (Å²) in [5.41, 5.74) is 3.87. The van der Waals surface area contributed by atoms with Gasteiger partial charge >= 0.3 is 0 Å². The minimum Gasteiger partial charge on any atom is -0.495 e. The number of fused-ring (bicyclic) bond motifs is 1. The first-order valence-electron chi connectivity index (χ1n) is 8.73. The van der Waals surface area contributed by atoms with Crippen LogP contribution in [0.2, 0.25) is 0 Å². The maximum atomic E-state index is 12.4. The Bertz CT molecular complexity index is 1150. The lowest BCUT2D eigenvalue weighted by molar-refractivity contribution is 0.0950. The van der Waals surface area contributed by atoms with Crippen molar-refractivity contribution < 1.29 is 14.2 Å². The van der Waals surface area contributed by atoms with Gasteiger partial charge in [0.1, 0.15) is 17.1 Å². The number of nitrogens with zero attached hydrogens (tertiary/aromatic N) is 3. The third kappa shape index (κ3) is 3.55. The van der Waals surface area contributed by atoms with Crippen LogP contribution < -0.4 is 10.1 Å². The normalized spacial score (nSPS) is 10.8. The van der Waals surface area contributed by atoms with Gasteiger partial charge in [-0.1, -0.05) is 28.5 Å². The van der Waals surface area contributed by atoms with E-state index in [-0.39, 0.29) is 12.5 Å². The zero-order chi connectivity index (χ0) is 19.5. The van der Waals surface area contributed by atoms with Gasteiger partial charge in [0.15, 0.2) is 0 Å². The Morgan fingerprint density at radius 3 is 2.64 bits per heavy atom. The van der Waals surface area contributed by atoms with E-state index in [1.807, 2.05) is 30.3 Å². The molecule has 0 aliphatic rings. The van der Waals surface area contributed by atoms with Gasteiger partial charge in [-0.05, 0) is 47.5 Å². The highest BCUT2D eigenvalue weighted by molar-refractivity contribution is 5.99. The van der Waals surface area contributed by atoms with Crippen LogP contribution in [0.4, 0.5) is 0 Å². The van der Waals surface area contributed by atoms with Crippen molar-refractivity contribution >= 4 is 16.7 Å². The van der Waals surface area contributed by atoms with E-state index < -0.39 is 0 Å². The number of hydrogen-bond donors (Lipinski definition) is 1. The summed E-state index contributed by atoms with van der Waals surface area (Å²) in [7, 11) is 1.62. The maximum absolute atomic E-state index is 12.4. The molecule has 28 heavy (non-hydrogen) atoms. The van der Waals surface area contributed by atoms with Crippen molar-refractivity contribution in [2.45, 2.75) is 13.5 Å². The Morgan fingerprint density at radius 2 is 1.86 bits per heavy atom. The van der Waals surface area contributed by atoms with Crippen molar-refractivity contribution in [3.63, 3.8) is 0 Å². The van der Waals surface area contributed by atoms with Crippen LogP contribution in [0, 0.1) is 6.92 Å². The van der Waals surface area contributed by atoms with Gasteiger partial charge in [-0.15, -0.1) is 0 Å². The number of carbonyl (C=O) groups is 1. The maximum Gasteiger partial charge on any atom is 0.251 e. The minimum absolute atomic E-state index is 0.176. The number of amides is 1. The van der Waals surface area contributed by atoms with Crippen molar-refractivity contribution in [2.75, 3.05) is 7.11 Å². The van der Waals surface area contributed by atoms with Gasteiger partial charge in [0.25, 0.3) is 5.91 Å². The van der Waals surface area contributed by atoms with E-state index >= 15 is 0 Å². The third-order valence-corrected chi connectivity index (χ3v) is 4.55. The molecule has 2 aromatic carbocycles. The Labute approximate surface area is 161 Å². The zero-order valence-electron chi connectivity index (χ0n) is 15.5. The van der Waals surface area contributed by atoms with Crippen LogP contribution in [0.1, 0.15) is 21.7 Å².